The number of hydrogen-bond donors (Lipinski definition) is 2. The van der Waals surface area contributed by atoms with Crippen LogP contribution in [0.15, 0.2) is 24.3 Å². The molecule has 0 saturated heterocycles. The molecule has 1 atom stereocenters. The molecule has 1 aliphatic heterocycles. The van der Waals surface area contributed by atoms with E-state index in [9.17, 15) is 19.8 Å². The van der Waals surface area contributed by atoms with Crippen molar-refractivity contribution in [2.75, 3.05) is 0 Å². The average Bonchev–Trinajstić information content (AvgIpc) is 2.44. The molecule has 0 unspecified atom stereocenters. The Morgan fingerprint density at radius 2 is 1.91 bits per heavy atom. The zero-order valence-electron chi connectivity index (χ0n) is 13.2. The van der Waals surface area contributed by atoms with E-state index in [1.54, 1.807) is 0 Å². The second-order valence-electron chi connectivity index (χ2n) is 5.90. The van der Waals surface area contributed by atoms with Crippen LogP contribution in [-0.4, -0.2) is 28.1 Å². The molecule has 0 fully saturated rings. The summed E-state index contributed by atoms with van der Waals surface area (Å²) in [6.07, 6.45) is 7.50. The van der Waals surface area contributed by atoms with Gasteiger partial charge in [-0.3, -0.25) is 4.79 Å². The monoisotopic (exact) mass is 318 g/mol. The predicted molar refractivity (Wildman–Crippen MR) is 85.6 cm³/mol. The molecule has 0 amide bonds. The molecular formula is C18H22O5. The molecule has 2 N–H and O–H groups in total. The Labute approximate surface area is 135 Å². The number of allylic oxidation sites excluding steroid dienone is 2. The first kappa shape index (κ1) is 17.1. The number of phenols is 2. The summed E-state index contributed by atoms with van der Waals surface area (Å²) in [5, 5.41) is 19.6. The van der Waals surface area contributed by atoms with Crippen molar-refractivity contribution in [3.05, 3.63) is 35.4 Å². The largest absolute Gasteiger partial charge is 0.508 e. The fourth-order valence-electron chi connectivity index (χ4n) is 2.68. The highest BCUT2D eigenvalue weighted by molar-refractivity contribution is 5.98. The van der Waals surface area contributed by atoms with Crippen LogP contribution in [0.25, 0.3) is 0 Å². The second-order valence-corrected chi connectivity index (χ2v) is 5.90. The summed E-state index contributed by atoms with van der Waals surface area (Å²) in [6, 6.07) is 2.40. The van der Waals surface area contributed by atoms with Gasteiger partial charge in [0.05, 0.1) is 6.10 Å². The first-order valence-corrected chi connectivity index (χ1v) is 7.92. The van der Waals surface area contributed by atoms with Gasteiger partial charge in [-0.25, -0.2) is 4.79 Å². The topological polar surface area (TPSA) is 83.8 Å². The minimum absolute atomic E-state index is 0.0477. The van der Waals surface area contributed by atoms with E-state index < -0.39 is 5.97 Å². The summed E-state index contributed by atoms with van der Waals surface area (Å²) in [6.45, 7) is 1.81. The fraction of sp³-hybridized carbons (Fsp3) is 0.444. The minimum Gasteiger partial charge on any atom is -0.508 e. The normalized spacial score (nSPS) is 21.9. The van der Waals surface area contributed by atoms with Crippen LogP contribution in [0.1, 0.15) is 54.9 Å². The van der Waals surface area contributed by atoms with Crippen LogP contribution in [0.2, 0.25) is 0 Å². The molecule has 124 valence electrons. The van der Waals surface area contributed by atoms with Gasteiger partial charge < -0.3 is 14.9 Å². The summed E-state index contributed by atoms with van der Waals surface area (Å²) in [4.78, 5) is 24.3. The average molecular weight is 318 g/mol. The number of carbonyl (C=O) groups excluding carboxylic acids is 2. The second kappa shape index (κ2) is 7.81. The maximum Gasteiger partial charge on any atom is 0.342 e. The quantitative estimate of drug-likeness (QED) is 0.717. The summed E-state index contributed by atoms with van der Waals surface area (Å²) in [7, 11) is 0. The van der Waals surface area contributed by atoms with Crippen LogP contribution < -0.4 is 0 Å². The van der Waals surface area contributed by atoms with Gasteiger partial charge in [0.2, 0.25) is 0 Å². The van der Waals surface area contributed by atoms with Crippen molar-refractivity contribution in [1.29, 1.82) is 0 Å². The van der Waals surface area contributed by atoms with E-state index in [2.05, 4.69) is 0 Å². The lowest BCUT2D eigenvalue weighted by molar-refractivity contribution is -0.114. The van der Waals surface area contributed by atoms with E-state index in [-0.39, 0.29) is 40.9 Å². The number of aromatic hydroxyl groups is 2. The van der Waals surface area contributed by atoms with Crippen molar-refractivity contribution in [2.24, 2.45) is 0 Å². The molecule has 0 radical (unpaired) electrons. The Balaban J connectivity index is 2.36. The van der Waals surface area contributed by atoms with Crippen molar-refractivity contribution in [2.45, 2.75) is 51.6 Å². The molecule has 1 aromatic rings. The number of benzene rings is 1. The SMILES string of the molecule is C[C@H]1CCCCC/C=C/C(=O)Cc2cc(O)cc(O)c2C(=O)O1. The first-order valence-electron chi connectivity index (χ1n) is 7.92. The van der Waals surface area contributed by atoms with Gasteiger partial charge in [-0.2, -0.15) is 0 Å². The van der Waals surface area contributed by atoms with E-state index in [1.165, 1.54) is 12.1 Å². The Bertz CT molecular complexity index is 618. The Kier molecular flexibility index (Phi) is 5.79. The number of ketones is 1. The molecule has 5 heteroatoms. The number of cyclic esters (lactones) is 1. The summed E-state index contributed by atoms with van der Waals surface area (Å²) in [5.41, 5.74) is 0.222. The number of rotatable bonds is 0. The third-order valence-corrected chi connectivity index (χ3v) is 3.85. The third-order valence-electron chi connectivity index (χ3n) is 3.85. The summed E-state index contributed by atoms with van der Waals surface area (Å²) < 4.78 is 5.37. The standard InChI is InChI=1S/C18H22O5/c1-12-7-5-3-2-4-6-8-14(19)9-13-10-15(20)11-16(21)17(13)18(22)23-12/h6,8,10-12,20-21H,2-5,7,9H2,1H3/b8-6+/t12-/m0/s1. The molecule has 23 heavy (non-hydrogen) atoms. The van der Waals surface area contributed by atoms with E-state index in [4.69, 9.17) is 4.74 Å². The number of fused-ring (bicyclic) bond motifs is 1. The van der Waals surface area contributed by atoms with Crippen molar-refractivity contribution in [3.8, 4) is 11.5 Å². The number of ether oxygens (including phenoxy) is 1. The van der Waals surface area contributed by atoms with Crippen LogP contribution in [0.4, 0.5) is 0 Å². The fourth-order valence-corrected chi connectivity index (χ4v) is 2.68. The molecule has 1 heterocycles. The Morgan fingerprint density at radius 3 is 2.70 bits per heavy atom. The van der Waals surface area contributed by atoms with E-state index in [0.29, 0.717) is 0 Å². The van der Waals surface area contributed by atoms with Gasteiger partial charge in [-0.15, -0.1) is 0 Å². The lowest BCUT2D eigenvalue weighted by Crippen LogP contribution is -2.17. The van der Waals surface area contributed by atoms with Gasteiger partial charge in [0.15, 0.2) is 5.78 Å². The predicted octanol–water partition coefficient (Wildman–Crippen LogP) is 3.28. The molecule has 0 aromatic heterocycles. The highest BCUT2D eigenvalue weighted by Crippen LogP contribution is 2.29. The van der Waals surface area contributed by atoms with Gasteiger partial charge in [0.25, 0.3) is 0 Å². The molecule has 0 bridgehead atoms. The maximum absolute atomic E-state index is 12.3. The molecule has 5 nitrogen and oxygen atoms in total. The molecule has 2 rings (SSSR count). The van der Waals surface area contributed by atoms with Gasteiger partial charge in [0.1, 0.15) is 17.1 Å². The zero-order valence-corrected chi connectivity index (χ0v) is 13.2. The minimum atomic E-state index is -0.668. The molecule has 1 aliphatic rings. The Morgan fingerprint density at radius 1 is 1.13 bits per heavy atom. The van der Waals surface area contributed by atoms with Crippen LogP contribution in [0, 0.1) is 0 Å². The van der Waals surface area contributed by atoms with Crippen LogP contribution in [0.5, 0.6) is 11.5 Å². The molecule has 0 aliphatic carbocycles. The van der Waals surface area contributed by atoms with Crippen molar-refractivity contribution in [3.63, 3.8) is 0 Å². The van der Waals surface area contributed by atoms with Crippen LogP contribution in [-0.2, 0) is 16.0 Å². The van der Waals surface area contributed by atoms with E-state index in [1.807, 2.05) is 13.0 Å². The van der Waals surface area contributed by atoms with Crippen LogP contribution >= 0.6 is 0 Å². The molecular weight excluding hydrogens is 296 g/mol. The lowest BCUT2D eigenvalue weighted by atomic mass is 9.99. The molecule has 1 aromatic carbocycles. The van der Waals surface area contributed by atoms with Crippen molar-refractivity contribution >= 4 is 11.8 Å². The lowest BCUT2D eigenvalue weighted by Gasteiger charge is -2.16. The maximum atomic E-state index is 12.3. The van der Waals surface area contributed by atoms with Gasteiger partial charge in [-0.05, 0) is 50.3 Å². The van der Waals surface area contributed by atoms with Crippen LogP contribution in [0.3, 0.4) is 0 Å². The zero-order chi connectivity index (χ0) is 16.8. The summed E-state index contributed by atoms with van der Waals surface area (Å²) in [5.74, 6) is -1.42. The number of hydrogen-bond acceptors (Lipinski definition) is 5. The highest BCUT2D eigenvalue weighted by Gasteiger charge is 2.22. The Hall–Kier alpha value is -2.30. The first-order chi connectivity index (χ1) is 11.0. The van der Waals surface area contributed by atoms with Gasteiger partial charge >= 0.3 is 5.97 Å². The number of phenolic OH excluding ortho intramolecular Hbond substituents is 2. The van der Waals surface area contributed by atoms with Crippen molar-refractivity contribution in [1.82, 2.24) is 0 Å². The number of esters is 1. The van der Waals surface area contributed by atoms with E-state index >= 15 is 0 Å². The van der Waals surface area contributed by atoms with Gasteiger partial charge in [-0.1, -0.05) is 12.5 Å². The molecule has 0 spiro atoms. The third kappa shape index (κ3) is 4.84. The molecule has 0 saturated carbocycles. The highest BCUT2D eigenvalue weighted by atomic mass is 16.5. The van der Waals surface area contributed by atoms with Gasteiger partial charge in [0, 0.05) is 12.5 Å². The van der Waals surface area contributed by atoms with E-state index in [0.717, 1.165) is 38.2 Å². The van der Waals surface area contributed by atoms with Crippen molar-refractivity contribution < 1.29 is 24.5 Å². The number of carbonyl (C=O) groups is 2. The smallest absolute Gasteiger partial charge is 0.342 e. The summed E-state index contributed by atoms with van der Waals surface area (Å²) >= 11 is 0.